The second-order valence-electron chi connectivity index (χ2n) is 6.24. The highest BCUT2D eigenvalue weighted by Crippen LogP contribution is 2.28. The molecule has 0 aliphatic carbocycles. The predicted octanol–water partition coefficient (Wildman–Crippen LogP) is 5.46. The van der Waals surface area contributed by atoms with Crippen LogP contribution in [0.25, 0.3) is 11.3 Å². The van der Waals surface area contributed by atoms with Crippen LogP contribution in [0.3, 0.4) is 0 Å². The molecular weight excluding hydrogens is 316 g/mol. The Hall–Kier alpha value is -3.39. The summed E-state index contributed by atoms with van der Waals surface area (Å²) in [7, 11) is 2.00. The van der Waals surface area contributed by atoms with E-state index in [9.17, 15) is 0 Å². The molecule has 0 aromatic heterocycles. The fourth-order valence-corrected chi connectivity index (χ4v) is 3.10. The fourth-order valence-electron chi connectivity index (χ4n) is 3.10. The summed E-state index contributed by atoms with van der Waals surface area (Å²) in [4.78, 5) is 0. The smallest absolute Gasteiger partial charge is 0.0914 e. The van der Waals surface area contributed by atoms with E-state index in [2.05, 4.69) is 72.8 Å². The molecule has 0 atom stereocenters. The Morgan fingerprint density at radius 1 is 0.577 bits per heavy atom. The van der Waals surface area contributed by atoms with Crippen LogP contribution in [0, 0.1) is 0 Å². The molecule has 0 saturated heterocycles. The molecule has 1 heterocycles. The fraction of sp³-hybridized carbons (Fsp3) is 0.0417. The largest absolute Gasteiger partial charge is 0.267 e. The van der Waals surface area contributed by atoms with Gasteiger partial charge in [0.1, 0.15) is 0 Å². The van der Waals surface area contributed by atoms with Gasteiger partial charge in [0.25, 0.3) is 0 Å². The van der Waals surface area contributed by atoms with Crippen LogP contribution < -0.4 is 0 Å². The van der Waals surface area contributed by atoms with Crippen molar-refractivity contribution in [2.45, 2.75) is 0 Å². The van der Waals surface area contributed by atoms with Crippen molar-refractivity contribution < 1.29 is 0 Å². The third-order valence-corrected chi connectivity index (χ3v) is 4.44. The molecule has 0 N–H and O–H groups in total. The van der Waals surface area contributed by atoms with Crippen molar-refractivity contribution in [1.29, 1.82) is 0 Å². The first kappa shape index (κ1) is 16.1. The Morgan fingerprint density at radius 3 is 1.65 bits per heavy atom. The number of hydrogen-bond acceptors (Lipinski definition) is 2. The van der Waals surface area contributed by atoms with Gasteiger partial charge in [-0.05, 0) is 28.9 Å². The van der Waals surface area contributed by atoms with E-state index in [0.29, 0.717) is 0 Å². The van der Waals surface area contributed by atoms with Crippen molar-refractivity contribution in [3.05, 3.63) is 120 Å². The number of rotatable bonds is 3. The quantitative estimate of drug-likeness (QED) is 0.620. The van der Waals surface area contributed by atoms with Gasteiger partial charge in [0.05, 0.1) is 11.4 Å². The summed E-state index contributed by atoms with van der Waals surface area (Å²) in [5.74, 6) is 0. The molecule has 126 valence electrons. The minimum Gasteiger partial charge on any atom is -0.267 e. The zero-order valence-corrected chi connectivity index (χ0v) is 14.7. The van der Waals surface area contributed by atoms with Crippen molar-refractivity contribution in [3.8, 4) is 0 Å². The number of allylic oxidation sites excluding steroid dienone is 3. The highest BCUT2D eigenvalue weighted by Gasteiger charge is 2.15. The lowest BCUT2D eigenvalue weighted by molar-refractivity contribution is 0.518. The number of hydrazone groups is 1. The van der Waals surface area contributed by atoms with Crippen LogP contribution in [-0.2, 0) is 0 Å². The van der Waals surface area contributed by atoms with Gasteiger partial charge in [-0.25, -0.2) is 0 Å². The second-order valence-corrected chi connectivity index (χ2v) is 6.24. The molecule has 0 amide bonds. The standard InChI is InChI=1S/C24H20N2/c1-26-24(21-15-9-4-10-16-21)18-22(19-11-5-2-6-12-19)17-23(25-26)20-13-7-3-8-14-20/h2-18H,1H3. The van der Waals surface area contributed by atoms with E-state index in [0.717, 1.165) is 28.1 Å². The summed E-state index contributed by atoms with van der Waals surface area (Å²) in [5, 5.41) is 6.85. The molecule has 0 saturated carbocycles. The van der Waals surface area contributed by atoms with Crippen molar-refractivity contribution in [2.24, 2.45) is 5.10 Å². The van der Waals surface area contributed by atoms with E-state index >= 15 is 0 Å². The Morgan fingerprint density at radius 2 is 1.08 bits per heavy atom. The molecule has 1 aliphatic rings. The van der Waals surface area contributed by atoms with Gasteiger partial charge in [0, 0.05) is 12.6 Å². The molecule has 2 nitrogen and oxygen atoms in total. The predicted molar refractivity (Wildman–Crippen MR) is 110 cm³/mol. The van der Waals surface area contributed by atoms with Gasteiger partial charge in [-0.3, -0.25) is 5.01 Å². The van der Waals surface area contributed by atoms with Gasteiger partial charge in [-0.15, -0.1) is 0 Å². The lowest BCUT2D eigenvalue weighted by Crippen LogP contribution is -2.12. The van der Waals surface area contributed by atoms with E-state index in [-0.39, 0.29) is 0 Å². The summed E-state index contributed by atoms with van der Waals surface area (Å²) in [6.45, 7) is 0. The number of hydrogen-bond donors (Lipinski definition) is 0. The Kier molecular flexibility index (Phi) is 4.48. The maximum Gasteiger partial charge on any atom is 0.0914 e. The van der Waals surface area contributed by atoms with E-state index in [4.69, 9.17) is 5.10 Å². The van der Waals surface area contributed by atoms with Gasteiger partial charge in [-0.1, -0.05) is 91.0 Å². The van der Waals surface area contributed by atoms with Crippen LogP contribution >= 0.6 is 0 Å². The van der Waals surface area contributed by atoms with Gasteiger partial charge in [0.2, 0.25) is 0 Å². The molecule has 2 heteroatoms. The monoisotopic (exact) mass is 336 g/mol. The van der Waals surface area contributed by atoms with Crippen LogP contribution in [0.4, 0.5) is 0 Å². The average molecular weight is 336 g/mol. The van der Waals surface area contributed by atoms with Crippen molar-refractivity contribution >= 4 is 17.0 Å². The molecule has 3 aromatic rings. The maximum atomic E-state index is 4.89. The van der Waals surface area contributed by atoms with Gasteiger partial charge >= 0.3 is 0 Å². The molecule has 0 unspecified atom stereocenters. The van der Waals surface area contributed by atoms with Crippen LogP contribution in [0.1, 0.15) is 16.7 Å². The maximum absolute atomic E-state index is 4.89. The molecule has 1 aliphatic heterocycles. The molecule has 0 spiro atoms. The molecule has 0 fully saturated rings. The van der Waals surface area contributed by atoms with Crippen LogP contribution in [0.5, 0.6) is 0 Å². The van der Waals surface area contributed by atoms with Crippen molar-refractivity contribution in [1.82, 2.24) is 5.01 Å². The van der Waals surface area contributed by atoms with E-state index in [1.807, 2.05) is 42.4 Å². The van der Waals surface area contributed by atoms with E-state index in [1.54, 1.807) is 0 Å². The summed E-state index contributed by atoms with van der Waals surface area (Å²) in [6.07, 6.45) is 4.38. The molecule has 3 aromatic carbocycles. The molecule has 0 bridgehead atoms. The molecular formula is C24H20N2. The lowest BCUT2D eigenvalue weighted by atomic mass is 9.99. The van der Waals surface area contributed by atoms with Gasteiger partial charge in [-0.2, -0.15) is 5.10 Å². The highest BCUT2D eigenvalue weighted by molar-refractivity contribution is 6.14. The first-order valence-electron chi connectivity index (χ1n) is 8.73. The van der Waals surface area contributed by atoms with Crippen molar-refractivity contribution in [3.63, 3.8) is 0 Å². The van der Waals surface area contributed by atoms with Crippen molar-refractivity contribution in [2.75, 3.05) is 7.05 Å². The Labute approximate surface area is 154 Å². The highest BCUT2D eigenvalue weighted by atomic mass is 15.4. The summed E-state index contributed by atoms with van der Waals surface area (Å²) in [6, 6.07) is 31.2. The number of nitrogens with zero attached hydrogens (tertiary/aromatic N) is 2. The first-order valence-corrected chi connectivity index (χ1v) is 8.73. The minimum absolute atomic E-state index is 0.953. The van der Waals surface area contributed by atoms with Gasteiger partial charge in [0.15, 0.2) is 0 Å². The lowest BCUT2D eigenvalue weighted by Gasteiger charge is -2.17. The Balaban J connectivity index is 1.88. The zero-order valence-electron chi connectivity index (χ0n) is 14.7. The molecule has 4 rings (SSSR count). The van der Waals surface area contributed by atoms with Crippen LogP contribution in [0.15, 0.2) is 108 Å². The normalized spacial score (nSPS) is 14.2. The SMILES string of the molecule is CN1N=C(c2ccccc2)C=C(c2ccccc2)C=C1c1ccccc1. The second kappa shape index (κ2) is 7.24. The average Bonchev–Trinajstić information content (AvgIpc) is 2.89. The summed E-state index contributed by atoms with van der Waals surface area (Å²) < 4.78 is 0. The van der Waals surface area contributed by atoms with Gasteiger partial charge < -0.3 is 0 Å². The number of benzene rings is 3. The van der Waals surface area contributed by atoms with Crippen LogP contribution in [0.2, 0.25) is 0 Å². The van der Waals surface area contributed by atoms with E-state index in [1.165, 1.54) is 5.56 Å². The third-order valence-electron chi connectivity index (χ3n) is 4.44. The summed E-state index contributed by atoms with van der Waals surface area (Å²) in [5.41, 5.74) is 6.61. The van der Waals surface area contributed by atoms with E-state index < -0.39 is 0 Å². The third kappa shape index (κ3) is 3.35. The summed E-state index contributed by atoms with van der Waals surface area (Å²) >= 11 is 0. The van der Waals surface area contributed by atoms with Crippen LogP contribution in [-0.4, -0.2) is 17.8 Å². The molecule has 26 heavy (non-hydrogen) atoms. The first-order chi connectivity index (χ1) is 12.8. The Bertz CT molecular complexity index is 968. The topological polar surface area (TPSA) is 15.6 Å². The zero-order chi connectivity index (χ0) is 17.8. The minimum atomic E-state index is 0.953. The molecule has 0 radical (unpaired) electrons.